The Morgan fingerprint density at radius 3 is 3.05 bits per heavy atom. The van der Waals surface area contributed by atoms with Crippen molar-refractivity contribution in [1.29, 1.82) is 0 Å². The lowest BCUT2D eigenvalue weighted by Crippen LogP contribution is -2.41. The fourth-order valence-corrected chi connectivity index (χ4v) is 2.84. The van der Waals surface area contributed by atoms with Gasteiger partial charge in [0.2, 0.25) is 0 Å². The molecule has 1 aromatic rings. The smallest absolute Gasteiger partial charge is 0.176 e. The summed E-state index contributed by atoms with van der Waals surface area (Å²) in [5.74, 6) is 0.173. The first-order valence-corrected chi connectivity index (χ1v) is 7.74. The van der Waals surface area contributed by atoms with Gasteiger partial charge in [-0.25, -0.2) is 0 Å². The molecule has 5 nitrogen and oxygen atoms in total. The van der Waals surface area contributed by atoms with Crippen LogP contribution in [-0.4, -0.2) is 63.2 Å². The molecule has 0 aliphatic carbocycles. The van der Waals surface area contributed by atoms with Gasteiger partial charge >= 0.3 is 0 Å². The normalized spacial score (nSPS) is 18.3. The summed E-state index contributed by atoms with van der Waals surface area (Å²) in [6.07, 6.45) is 1.01. The van der Waals surface area contributed by atoms with Crippen LogP contribution in [0, 0.1) is 0 Å². The molecule has 3 rings (SSSR count). The zero-order valence-corrected chi connectivity index (χ0v) is 12.4. The Morgan fingerprint density at radius 1 is 1.33 bits per heavy atom. The third kappa shape index (κ3) is 3.81. The maximum atomic E-state index is 12.2. The van der Waals surface area contributed by atoms with Gasteiger partial charge in [0.15, 0.2) is 5.78 Å². The molecule has 2 heterocycles. The quantitative estimate of drug-likeness (QED) is 0.598. The van der Waals surface area contributed by atoms with Crippen LogP contribution in [0.5, 0.6) is 0 Å². The largest absolute Gasteiger partial charge is 0.384 e. The van der Waals surface area contributed by atoms with Crippen molar-refractivity contribution in [3.63, 3.8) is 0 Å². The first-order chi connectivity index (χ1) is 10.3. The van der Waals surface area contributed by atoms with Crippen LogP contribution in [0.3, 0.4) is 0 Å². The van der Waals surface area contributed by atoms with Gasteiger partial charge in [0, 0.05) is 44.0 Å². The van der Waals surface area contributed by atoms with Crippen molar-refractivity contribution in [2.45, 2.75) is 6.42 Å². The van der Waals surface area contributed by atoms with Crippen molar-refractivity contribution in [3.05, 3.63) is 29.3 Å². The second-order valence-corrected chi connectivity index (χ2v) is 5.60. The van der Waals surface area contributed by atoms with Gasteiger partial charge < -0.3 is 15.4 Å². The van der Waals surface area contributed by atoms with Gasteiger partial charge in [-0.05, 0) is 30.2 Å². The highest BCUT2D eigenvalue weighted by atomic mass is 16.5. The third-order valence-corrected chi connectivity index (χ3v) is 4.13. The highest BCUT2D eigenvalue weighted by Crippen LogP contribution is 2.23. The van der Waals surface area contributed by atoms with E-state index in [9.17, 15) is 4.79 Å². The molecule has 0 amide bonds. The molecule has 0 unspecified atom stereocenters. The fourth-order valence-electron chi connectivity index (χ4n) is 2.84. The monoisotopic (exact) mass is 289 g/mol. The number of nitrogens with zero attached hydrogens (tertiary/aromatic N) is 1. The summed E-state index contributed by atoms with van der Waals surface area (Å²) in [6, 6.07) is 5.97. The van der Waals surface area contributed by atoms with E-state index < -0.39 is 0 Å². The van der Waals surface area contributed by atoms with Gasteiger partial charge in [0.1, 0.15) is 0 Å². The van der Waals surface area contributed by atoms with Gasteiger partial charge in [-0.15, -0.1) is 0 Å². The molecule has 1 aromatic carbocycles. The predicted octanol–water partition coefficient (Wildman–Crippen LogP) is 0.759. The van der Waals surface area contributed by atoms with Crippen molar-refractivity contribution in [2.75, 3.05) is 57.8 Å². The van der Waals surface area contributed by atoms with E-state index in [0.717, 1.165) is 57.9 Å². The van der Waals surface area contributed by atoms with Crippen LogP contribution >= 0.6 is 0 Å². The molecule has 0 saturated carbocycles. The Hall–Kier alpha value is -1.43. The Balaban J connectivity index is 1.41. The van der Waals surface area contributed by atoms with Crippen LogP contribution in [-0.2, 0) is 11.2 Å². The first kappa shape index (κ1) is 14.5. The molecule has 1 fully saturated rings. The number of morpholine rings is 1. The lowest BCUT2D eigenvalue weighted by atomic mass is 10.1. The molecule has 5 heteroatoms. The number of ketones is 1. The van der Waals surface area contributed by atoms with E-state index in [1.54, 1.807) is 0 Å². The molecule has 114 valence electrons. The molecule has 2 aliphatic heterocycles. The van der Waals surface area contributed by atoms with E-state index in [2.05, 4.69) is 15.5 Å². The van der Waals surface area contributed by atoms with Crippen LogP contribution in [0.1, 0.15) is 15.9 Å². The van der Waals surface area contributed by atoms with Crippen LogP contribution in [0.25, 0.3) is 0 Å². The number of hydrogen-bond donors (Lipinski definition) is 2. The molecule has 1 saturated heterocycles. The summed E-state index contributed by atoms with van der Waals surface area (Å²) in [6.45, 7) is 6.84. The Labute approximate surface area is 125 Å². The molecule has 21 heavy (non-hydrogen) atoms. The van der Waals surface area contributed by atoms with Gasteiger partial charge in [-0.1, -0.05) is 0 Å². The standard InChI is InChI=1S/C16H23N3O2/c20-16(12-17-5-6-19-7-9-21-10-8-19)14-1-2-15-13(11-14)3-4-18-15/h1-2,11,17-18H,3-10,12H2. The highest BCUT2D eigenvalue weighted by molar-refractivity contribution is 5.98. The van der Waals surface area contributed by atoms with Crippen molar-refractivity contribution in [3.8, 4) is 0 Å². The van der Waals surface area contributed by atoms with Crippen LogP contribution in [0.4, 0.5) is 5.69 Å². The molecule has 0 aromatic heterocycles. The Kier molecular flexibility index (Phi) is 4.85. The number of rotatable bonds is 6. The molecule has 0 spiro atoms. The summed E-state index contributed by atoms with van der Waals surface area (Å²) >= 11 is 0. The molecule has 0 bridgehead atoms. The zero-order valence-electron chi connectivity index (χ0n) is 12.4. The van der Waals surface area contributed by atoms with Gasteiger partial charge in [0.05, 0.1) is 19.8 Å². The number of nitrogens with one attached hydrogen (secondary N) is 2. The summed E-state index contributed by atoms with van der Waals surface area (Å²) in [4.78, 5) is 14.5. The van der Waals surface area contributed by atoms with Gasteiger partial charge in [-0.2, -0.15) is 0 Å². The average Bonchev–Trinajstić information content (AvgIpc) is 3.00. The second kappa shape index (κ2) is 7.02. The van der Waals surface area contributed by atoms with Crippen molar-refractivity contribution >= 4 is 11.5 Å². The second-order valence-electron chi connectivity index (χ2n) is 5.60. The minimum absolute atomic E-state index is 0.173. The summed E-state index contributed by atoms with van der Waals surface area (Å²) in [5.41, 5.74) is 3.25. The molecule has 0 atom stereocenters. The summed E-state index contributed by atoms with van der Waals surface area (Å²) < 4.78 is 5.32. The number of hydrogen-bond acceptors (Lipinski definition) is 5. The number of benzene rings is 1. The molecule has 2 N–H and O–H groups in total. The number of carbonyl (C=O) groups excluding carboxylic acids is 1. The van der Waals surface area contributed by atoms with Crippen molar-refractivity contribution < 1.29 is 9.53 Å². The SMILES string of the molecule is O=C(CNCCN1CCOCC1)c1ccc2c(c1)CCN2. The van der Waals surface area contributed by atoms with Crippen molar-refractivity contribution in [1.82, 2.24) is 10.2 Å². The maximum absolute atomic E-state index is 12.2. The Bertz CT molecular complexity index is 498. The van der Waals surface area contributed by atoms with E-state index >= 15 is 0 Å². The Morgan fingerprint density at radius 2 is 2.19 bits per heavy atom. The van der Waals surface area contributed by atoms with E-state index in [1.807, 2.05) is 18.2 Å². The van der Waals surface area contributed by atoms with E-state index in [4.69, 9.17) is 4.74 Å². The summed E-state index contributed by atoms with van der Waals surface area (Å²) in [5, 5.41) is 6.56. The molecular weight excluding hydrogens is 266 g/mol. The molecule has 2 aliphatic rings. The van der Waals surface area contributed by atoms with Crippen molar-refractivity contribution in [2.24, 2.45) is 0 Å². The fraction of sp³-hybridized carbons (Fsp3) is 0.562. The highest BCUT2D eigenvalue weighted by Gasteiger charge is 2.13. The number of Topliss-reactive ketones (excluding diaryl/α,β-unsaturated/α-hetero) is 1. The first-order valence-electron chi connectivity index (χ1n) is 7.74. The number of fused-ring (bicyclic) bond motifs is 1. The summed E-state index contributed by atoms with van der Waals surface area (Å²) in [7, 11) is 0. The number of carbonyl (C=O) groups is 1. The topological polar surface area (TPSA) is 53.6 Å². The lowest BCUT2D eigenvalue weighted by Gasteiger charge is -2.26. The average molecular weight is 289 g/mol. The minimum Gasteiger partial charge on any atom is -0.384 e. The number of anilines is 1. The molecule has 0 radical (unpaired) electrons. The maximum Gasteiger partial charge on any atom is 0.176 e. The minimum atomic E-state index is 0.173. The predicted molar refractivity (Wildman–Crippen MR) is 83.1 cm³/mol. The molecular formula is C16H23N3O2. The number of ether oxygens (including phenoxy) is 1. The van der Waals surface area contributed by atoms with E-state index in [1.165, 1.54) is 11.3 Å². The van der Waals surface area contributed by atoms with Crippen LogP contribution < -0.4 is 10.6 Å². The van der Waals surface area contributed by atoms with Crippen LogP contribution in [0.15, 0.2) is 18.2 Å². The van der Waals surface area contributed by atoms with Gasteiger partial charge in [0.25, 0.3) is 0 Å². The zero-order chi connectivity index (χ0) is 14.5. The van der Waals surface area contributed by atoms with Gasteiger partial charge in [-0.3, -0.25) is 9.69 Å². The third-order valence-electron chi connectivity index (χ3n) is 4.13. The van der Waals surface area contributed by atoms with Crippen LogP contribution in [0.2, 0.25) is 0 Å². The van der Waals surface area contributed by atoms with E-state index in [-0.39, 0.29) is 5.78 Å². The lowest BCUT2D eigenvalue weighted by molar-refractivity contribution is 0.0384. The van der Waals surface area contributed by atoms with E-state index in [0.29, 0.717) is 6.54 Å².